The van der Waals surface area contributed by atoms with E-state index in [9.17, 15) is 9.59 Å². The fourth-order valence-electron chi connectivity index (χ4n) is 3.48. The standard InChI is InChI=1S/C21H22N2O3S2/c1-13(2)26-20(25)18-15-10-6-7-11-16(15)28-19(18)22-21-23(17(24)12-27-21)14-8-4-3-5-9-14/h3-5,8-9,13H,6-7,10-12H2,1-2H3/b22-21-. The van der Waals surface area contributed by atoms with Gasteiger partial charge in [0.1, 0.15) is 5.00 Å². The largest absolute Gasteiger partial charge is 0.459 e. The van der Waals surface area contributed by atoms with E-state index in [-0.39, 0.29) is 18.0 Å². The average molecular weight is 415 g/mol. The summed E-state index contributed by atoms with van der Waals surface area (Å²) in [4.78, 5) is 33.0. The van der Waals surface area contributed by atoms with Gasteiger partial charge in [0, 0.05) is 4.88 Å². The first-order valence-corrected chi connectivity index (χ1v) is 11.3. The Bertz CT molecular complexity index is 935. The van der Waals surface area contributed by atoms with Crippen molar-refractivity contribution < 1.29 is 14.3 Å². The lowest BCUT2D eigenvalue weighted by atomic mass is 9.95. The highest BCUT2D eigenvalue weighted by molar-refractivity contribution is 8.15. The molecule has 0 atom stereocenters. The molecular formula is C21H22N2O3S2. The maximum atomic E-state index is 12.8. The van der Waals surface area contributed by atoms with E-state index < -0.39 is 0 Å². The number of fused-ring (bicyclic) bond motifs is 1. The van der Waals surface area contributed by atoms with Gasteiger partial charge in [-0.15, -0.1) is 11.3 Å². The average Bonchev–Trinajstić information content (AvgIpc) is 3.22. The van der Waals surface area contributed by atoms with Gasteiger partial charge in [0.2, 0.25) is 5.91 Å². The molecule has 7 heteroatoms. The lowest BCUT2D eigenvalue weighted by Gasteiger charge is -2.16. The van der Waals surface area contributed by atoms with Gasteiger partial charge in [0.05, 0.1) is 23.1 Å². The highest BCUT2D eigenvalue weighted by atomic mass is 32.2. The Labute approximate surface area is 172 Å². The van der Waals surface area contributed by atoms with Crippen molar-refractivity contribution in [3.8, 4) is 0 Å². The van der Waals surface area contributed by atoms with Crippen LogP contribution in [0.15, 0.2) is 35.3 Å². The van der Waals surface area contributed by atoms with Gasteiger partial charge in [0.25, 0.3) is 0 Å². The quantitative estimate of drug-likeness (QED) is 0.664. The zero-order chi connectivity index (χ0) is 19.7. The summed E-state index contributed by atoms with van der Waals surface area (Å²) < 4.78 is 5.51. The van der Waals surface area contributed by atoms with E-state index >= 15 is 0 Å². The molecule has 2 aromatic rings. The van der Waals surface area contributed by atoms with Crippen molar-refractivity contribution in [3.05, 3.63) is 46.3 Å². The second-order valence-corrected chi connectivity index (χ2v) is 9.12. The predicted molar refractivity (Wildman–Crippen MR) is 115 cm³/mol. The van der Waals surface area contributed by atoms with Gasteiger partial charge in [-0.1, -0.05) is 30.0 Å². The number of aliphatic imine (C=N–C) groups is 1. The number of anilines is 1. The van der Waals surface area contributed by atoms with Crippen molar-refractivity contribution in [2.75, 3.05) is 10.7 Å². The number of hydrogen-bond donors (Lipinski definition) is 0. The van der Waals surface area contributed by atoms with Crippen LogP contribution in [0.3, 0.4) is 0 Å². The summed E-state index contributed by atoms with van der Waals surface area (Å²) in [6.07, 6.45) is 3.88. The summed E-state index contributed by atoms with van der Waals surface area (Å²) in [5, 5.41) is 1.28. The number of amidine groups is 1. The summed E-state index contributed by atoms with van der Waals surface area (Å²) in [6.45, 7) is 3.70. The van der Waals surface area contributed by atoms with Crippen molar-refractivity contribution in [1.29, 1.82) is 0 Å². The van der Waals surface area contributed by atoms with E-state index in [1.807, 2.05) is 44.2 Å². The summed E-state index contributed by atoms with van der Waals surface area (Å²) in [5.41, 5.74) is 2.47. The highest BCUT2D eigenvalue weighted by Gasteiger charge is 2.32. The lowest BCUT2D eigenvalue weighted by molar-refractivity contribution is -0.115. The molecular weight excluding hydrogens is 392 g/mol. The summed E-state index contributed by atoms with van der Waals surface area (Å²) in [5.74, 6) is 0.0434. The Morgan fingerprint density at radius 3 is 2.68 bits per heavy atom. The molecule has 1 amide bonds. The number of rotatable bonds is 4. The Balaban J connectivity index is 1.77. The lowest BCUT2D eigenvalue weighted by Crippen LogP contribution is -2.29. The van der Waals surface area contributed by atoms with E-state index in [0.29, 0.717) is 21.5 Å². The number of hydrogen-bond acceptors (Lipinski definition) is 6. The first-order chi connectivity index (χ1) is 13.5. The van der Waals surface area contributed by atoms with Gasteiger partial charge in [-0.25, -0.2) is 9.79 Å². The molecule has 28 heavy (non-hydrogen) atoms. The number of amides is 1. The third-order valence-corrected chi connectivity index (χ3v) is 6.79. The minimum Gasteiger partial charge on any atom is -0.459 e. The molecule has 1 fully saturated rings. The number of esters is 1. The zero-order valence-electron chi connectivity index (χ0n) is 15.9. The minimum absolute atomic E-state index is 0.00239. The van der Waals surface area contributed by atoms with Crippen molar-refractivity contribution in [2.45, 2.75) is 45.6 Å². The second kappa shape index (κ2) is 8.09. The molecule has 1 aliphatic carbocycles. The molecule has 1 saturated heterocycles. The first kappa shape index (κ1) is 19.2. The van der Waals surface area contributed by atoms with Crippen molar-refractivity contribution >= 4 is 50.8 Å². The van der Waals surface area contributed by atoms with Gasteiger partial charge in [0.15, 0.2) is 5.17 Å². The smallest absolute Gasteiger partial charge is 0.341 e. The predicted octanol–water partition coefficient (Wildman–Crippen LogP) is 4.96. The number of nitrogens with zero attached hydrogens (tertiary/aromatic N) is 2. The van der Waals surface area contributed by atoms with Crippen LogP contribution in [0.2, 0.25) is 0 Å². The SMILES string of the molecule is CC(C)OC(=O)c1c(/N=C2\SCC(=O)N2c2ccccc2)sc2c1CCCC2. The third kappa shape index (κ3) is 3.73. The van der Waals surface area contributed by atoms with Gasteiger partial charge < -0.3 is 4.74 Å². The Hall–Kier alpha value is -2.12. The molecule has 0 N–H and O–H groups in total. The van der Waals surface area contributed by atoms with Gasteiger partial charge >= 0.3 is 5.97 Å². The van der Waals surface area contributed by atoms with Gasteiger partial charge in [-0.2, -0.15) is 0 Å². The molecule has 146 valence electrons. The minimum atomic E-state index is -0.311. The van der Waals surface area contributed by atoms with E-state index in [2.05, 4.69) is 0 Å². The van der Waals surface area contributed by atoms with E-state index in [4.69, 9.17) is 9.73 Å². The molecule has 0 bridgehead atoms. The molecule has 2 aliphatic rings. The van der Waals surface area contributed by atoms with Gasteiger partial charge in [-0.3, -0.25) is 9.69 Å². The topological polar surface area (TPSA) is 59.0 Å². The van der Waals surface area contributed by atoms with Crippen molar-refractivity contribution in [1.82, 2.24) is 0 Å². The molecule has 0 saturated carbocycles. The number of thioether (sulfide) groups is 1. The van der Waals surface area contributed by atoms with Crippen LogP contribution in [0.1, 0.15) is 47.5 Å². The molecule has 1 aromatic heterocycles. The van der Waals surface area contributed by atoms with E-state index in [0.717, 1.165) is 36.9 Å². The van der Waals surface area contributed by atoms with Crippen LogP contribution in [0.4, 0.5) is 10.7 Å². The maximum Gasteiger partial charge on any atom is 0.341 e. The Kier molecular flexibility index (Phi) is 5.55. The molecule has 2 heterocycles. The summed E-state index contributed by atoms with van der Waals surface area (Å²) in [7, 11) is 0. The number of para-hydroxylation sites is 1. The highest BCUT2D eigenvalue weighted by Crippen LogP contribution is 2.42. The second-order valence-electron chi connectivity index (χ2n) is 7.09. The van der Waals surface area contributed by atoms with E-state index in [1.54, 1.807) is 16.2 Å². The number of thiophene rings is 1. The van der Waals surface area contributed by atoms with Crippen LogP contribution in [0, 0.1) is 0 Å². The molecule has 1 aromatic carbocycles. The summed E-state index contributed by atoms with van der Waals surface area (Å²) >= 11 is 2.97. The van der Waals surface area contributed by atoms with Crippen LogP contribution in [-0.4, -0.2) is 28.9 Å². The fourth-order valence-corrected chi connectivity index (χ4v) is 5.66. The van der Waals surface area contributed by atoms with Crippen LogP contribution in [-0.2, 0) is 22.4 Å². The molecule has 5 nitrogen and oxygen atoms in total. The number of benzene rings is 1. The van der Waals surface area contributed by atoms with Crippen LogP contribution < -0.4 is 4.90 Å². The fraction of sp³-hybridized carbons (Fsp3) is 0.381. The molecule has 0 spiro atoms. The molecule has 0 radical (unpaired) electrons. The Morgan fingerprint density at radius 1 is 1.18 bits per heavy atom. The van der Waals surface area contributed by atoms with E-state index in [1.165, 1.54) is 16.6 Å². The molecule has 1 aliphatic heterocycles. The van der Waals surface area contributed by atoms with Crippen molar-refractivity contribution in [2.24, 2.45) is 4.99 Å². The third-order valence-electron chi connectivity index (χ3n) is 4.68. The van der Waals surface area contributed by atoms with Crippen LogP contribution in [0.5, 0.6) is 0 Å². The Morgan fingerprint density at radius 2 is 1.93 bits per heavy atom. The number of ether oxygens (including phenoxy) is 1. The maximum absolute atomic E-state index is 12.8. The number of carbonyl (C=O) groups is 2. The van der Waals surface area contributed by atoms with Crippen molar-refractivity contribution in [3.63, 3.8) is 0 Å². The number of aryl methyl sites for hydroxylation is 1. The zero-order valence-corrected chi connectivity index (χ0v) is 17.6. The monoisotopic (exact) mass is 414 g/mol. The molecule has 0 unspecified atom stereocenters. The van der Waals surface area contributed by atoms with Crippen LogP contribution >= 0.6 is 23.1 Å². The number of carbonyl (C=O) groups excluding carboxylic acids is 2. The molecule has 4 rings (SSSR count). The first-order valence-electron chi connectivity index (χ1n) is 9.49. The van der Waals surface area contributed by atoms with Crippen LogP contribution in [0.25, 0.3) is 0 Å². The summed E-state index contributed by atoms with van der Waals surface area (Å²) in [6, 6.07) is 9.51. The van der Waals surface area contributed by atoms with Gasteiger partial charge in [-0.05, 0) is 57.2 Å². The normalized spacial score (nSPS) is 18.0.